The van der Waals surface area contributed by atoms with E-state index in [4.69, 9.17) is 5.73 Å². The van der Waals surface area contributed by atoms with Gasteiger partial charge >= 0.3 is 0 Å². The second kappa shape index (κ2) is 8.48. The van der Waals surface area contributed by atoms with E-state index in [1.165, 1.54) is 0 Å². The van der Waals surface area contributed by atoms with E-state index in [0.29, 0.717) is 19.5 Å². The Morgan fingerprint density at radius 2 is 1.94 bits per heavy atom. The summed E-state index contributed by atoms with van der Waals surface area (Å²) in [5.74, 6) is 0.309. The summed E-state index contributed by atoms with van der Waals surface area (Å²) in [5, 5.41) is 12.3. The Morgan fingerprint density at radius 1 is 1.35 bits per heavy atom. The number of hydrogen-bond donors (Lipinski definition) is 3. The van der Waals surface area contributed by atoms with Crippen LogP contribution >= 0.6 is 0 Å². The Kier molecular flexibility index (Phi) is 8.17. The van der Waals surface area contributed by atoms with Gasteiger partial charge in [0.1, 0.15) is 0 Å². The Balaban J connectivity index is 4.13. The Labute approximate surface area is 105 Å². The summed E-state index contributed by atoms with van der Waals surface area (Å²) in [6.07, 6.45) is 3.15. The van der Waals surface area contributed by atoms with Crippen LogP contribution in [0.1, 0.15) is 46.5 Å². The predicted octanol–water partition coefficient (Wildman–Crippen LogP) is 1.28. The normalized spacial score (nSPS) is 13.5. The molecule has 0 aromatic carbocycles. The number of nitrogens with two attached hydrogens (primary N) is 1. The molecule has 0 aliphatic heterocycles. The third-order valence-corrected chi connectivity index (χ3v) is 3.88. The molecule has 1 atom stereocenters. The molecule has 0 aliphatic rings. The molecule has 0 fully saturated rings. The molecule has 4 heteroatoms. The third-order valence-electron chi connectivity index (χ3n) is 3.88. The van der Waals surface area contributed by atoms with Gasteiger partial charge in [-0.1, -0.05) is 27.2 Å². The second-order valence-electron chi connectivity index (χ2n) is 4.86. The van der Waals surface area contributed by atoms with Gasteiger partial charge in [0.05, 0.1) is 6.61 Å². The second-order valence-corrected chi connectivity index (χ2v) is 4.86. The molecule has 1 amide bonds. The van der Waals surface area contributed by atoms with Crippen LogP contribution < -0.4 is 11.1 Å². The lowest BCUT2D eigenvalue weighted by atomic mass is 9.83. The predicted molar refractivity (Wildman–Crippen MR) is 70.6 cm³/mol. The first kappa shape index (κ1) is 16.4. The first-order chi connectivity index (χ1) is 8.07. The molecular formula is C13H28N2O2. The minimum atomic E-state index is -0.167. The molecule has 0 saturated heterocycles. The first-order valence-electron chi connectivity index (χ1n) is 6.65. The van der Waals surface area contributed by atoms with Crippen molar-refractivity contribution in [1.29, 1.82) is 0 Å². The van der Waals surface area contributed by atoms with Crippen molar-refractivity contribution in [2.75, 3.05) is 19.7 Å². The van der Waals surface area contributed by atoms with Crippen molar-refractivity contribution in [3.8, 4) is 0 Å². The molecule has 0 aliphatic carbocycles. The summed E-state index contributed by atoms with van der Waals surface area (Å²) in [7, 11) is 0. The topological polar surface area (TPSA) is 75.4 Å². The maximum atomic E-state index is 11.7. The summed E-state index contributed by atoms with van der Waals surface area (Å²) in [6.45, 7) is 7.35. The van der Waals surface area contributed by atoms with Gasteiger partial charge in [0.25, 0.3) is 0 Å². The Bertz CT molecular complexity index is 203. The lowest BCUT2D eigenvalue weighted by Crippen LogP contribution is -2.40. The molecule has 0 aromatic rings. The largest absolute Gasteiger partial charge is 0.396 e. The molecule has 0 bridgehead atoms. The molecular weight excluding hydrogens is 216 g/mol. The van der Waals surface area contributed by atoms with E-state index in [9.17, 15) is 9.90 Å². The molecule has 0 heterocycles. The smallest absolute Gasteiger partial charge is 0.220 e. The SMILES string of the molecule is CCC(CN)CC(=O)NCC(CC)(CC)CO. The van der Waals surface area contributed by atoms with E-state index in [1.54, 1.807) is 0 Å². The maximum Gasteiger partial charge on any atom is 0.220 e. The minimum Gasteiger partial charge on any atom is -0.396 e. The highest BCUT2D eigenvalue weighted by molar-refractivity contribution is 5.76. The number of aliphatic hydroxyl groups excluding tert-OH is 1. The molecule has 1 unspecified atom stereocenters. The molecule has 4 nitrogen and oxygen atoms in total. The van der Waals surface area contributed by atoms with Crippen LogP contribution in [-0.2, 0) is 4.79 Å². The summed E-state index contributed by atoms with van der Waals surface area (Å²) in [5.41, 5.74) is 5.41. The van der Waals surface area contributed by atoms with Gasteiger partial charge in [-0.2, -0.15) is 0 Å². The highest BCUT2D eigenvalue weighted by Gasteiger charge is 2.25. The zero-order valence-corrected chi connectivity index (χ0v) is 11.5. The number of nitrogens with one attached hydrogen (secondary N) is 1. The first-order valence-corrected chi connectivity index (χ1v) is 6.65. The number of carbonyl (C=O) groups is 1. The van der Waals surface area contributed by atoms with E-state index < -0.39 is 0 Å². The number of aliphatic hydroxyl groups is 1. The lowest BCUT2D eigenvalue weighted by Gasteiger charge is -2.29. The molecule has 0 aromatic heterocycles. The van der Waals surface area contributed by atoms with Crippen molar-refractivity contribution in [1.82, 2.24) is 5.32 Å². The summed E-state index contributed by atoms with van der Waals surface area (Å²) in [4.78, 5) is 11.7. The fraction of sp³-hybridized carbons (Fsp3) is 0.923. The van der Waals surface area contributed by atoms with Gasteiger partial charge in [0.2, 0.25) is 5.91 Å². The van der Waals surface area contributed by atoms with Crippen molar-refractivity contribution in [3.05, 3.63) is 0 Å². The zero-order chi connectivity index (χ0) is 13.3. The van der Waals surface area contributed by atoms with E-state index in [2.05, 4.69) is 5.32 Å². The highest BCUT2D eigenvalue weighted by Crippen LogP contribution is 2.24. The van der Waals surface area contributed by atoms with E-state index in [0.717, 1.165) is 19.3 Å². The quantitative estimate of drug-likeness (QED) is 0.572. The molecule has 0 radical (unpaired) electrons. The number of rotatable bonds is 9. The van der Waals surface area contributed by atoms with Gasteiger partial charge in [-0.25, -0.2) is 0 Å². The van der Waals surface area contributed by atoms with E-state index >= 15 is 0 Å². The number of carbonyl (C=O) groups excluding carboxylic acids is 1. The summed E-state index contributed by atoms with van der Waals surface area (Å²) < 4.78 is 0. The molecule has 0 spiro atoms. The molecule has 0 rings (SSSR count). The average Bonchev–Trinajstić information content (AvgIpc) is 2.38. The Morgan fingerprint density at radius 3 is 2.29 bits per heavy atom. The standard InChI is InChI=1S/C13H28N2O2/c1-4-11(8-14)7-12(17)15-9-13(5-2,6-3)10-16/h11,16H,4-10,14H2,1-3H3,(H,15,17). The number of hydrogen-bond acceptors (Lipinski definition) is 3. The van der Waals surface area contributed by atoms with Crippen LogP contribution in [0.4, 0.5) is 0 Å². The van der Waals surface area contributed by atoms with Gasteiger partial charge in [-0.05, 0) is 25.3 Å². The van der Waals surface area contributed by atoms with Crippen LogP contribution in [0.3, 0.4) is 0 Å². The fourth-order valence-corrected chi connectivity index (χ4v) is 1.79. The summed E-state index contributed by atoms with van der Waals surface area (Å²) in [6, 6.07) is 0. The zero-order valence-electron chi connectivity index (χ0n) is 11.5. The van der Waals surface area contributed by atoms with Gasteiger partial charge in [0, 0.05) is 18.4 Å². The monoisotopic (exact) mass is 244 g/mol. The van der Waals surface area contributed by atoms with Crippen LogP contribution in [-0.4, -0.2) is 30.7 Å². The van der Waals surface area contributed by atoms with Gasteiger partial charge in [-0.3, -0.25) is 4.79 Å². The molecule has 4 N–H and O–H groups in total. The lowest BCUT2D eigenvalue weighted by molar-refractivity contribution is -0.122. The van der Waals surface area contributed by atoms with Crippen molar-refractivity contribution >= 4 is 5.91 Å². The number of amides is 1. The maximum absolute atomic E-state index is 11.7. The van der Waals surface area contributed by atoms with Crippen LogP contribution in [0.15, 0.2) is 0 Å². The van der Waals surface area contributed by atoms with Crippen molar-refractivity contribution < 1.29 is 9.90 Å². The van der Waals surface area contributed by atoms with Crippen LogP contribution in [0, 0.1) is 11.3 Å². The fourth-order valence-electron chi connectivity index (χ4n) is 1.79. The van der Waals surface area contributed by atoms with Crippen molar-refractivity contribution in [2.45, 2.75) is 46.5 Å². The Hall–Kier alpha value is -0.610. The minimum absolute atomic E-state index is 0.0435. The molecule has 0 saturated carbocycles. The van der Waals surface area contributed by atoms with Crippen LogP contribution in [0.5, 0.6) is 0 Å². The van der Waals surface area contributed by atoms with Crippen LogP contribution in [0.2, 0.25) is 0 Å². The van der Waals surface area contributed by atoms with Crippen LogP contribution in [0.25, 0.3) is 0 Å². The van der Waals surface area contributed by atoms with E-state index in [-0.39, 0.29) is 23.8 Å². The van der Waals surface area contributed by atoms with Gasteiger partial charge < -0.3 is 16.2 Å². The van der Waals surface area contributed by atoms with E-state index in [1.807, 2.05) is 20.8 Å². The summed E-state index contributed by atoms with van der Waals surface area (Å²) >= 11 is 0. The molecule has 17 heavy (non-hydrogen) atoms. The average molecular weight is 244 g/mol. The van der Waals surface area contributed by atoms with Gasteiger partial charge in [-0.15, -0.1) is 0 Å². The van der Waals surface area contributed by atoms with Crippen molar-refractivity contribution in [2.24, 2.45) is 17.1 Å². The third kappa shape index (κ3) is 5.50. The highest BCUT2D eigenvalue weighted by atomic mass is 16.3. The van der Waals surface area contributed by atoms with Crippen molar-refractivity contribution in [3.63, 3.8) is 0 Å². The molecule has 102 valence electrons. The van der Waals surface area contributed by atoms with Gasteiger partial charge in [0.15, 0.2) is 0 Å².